The summed E-state index contributed by atoms with van der Waals surface area (Å²) in [6.45, 7) is 1.92. The van der Waals surface area contributed by atoms with Crippen molar-refractivity contribution in [2.24, 2.45) is 5.73 Å². The van der Waals surface area contributed by atoms with Gasteiger partial charge in [0.25, 0.3) is 0 Å². The van der Waals surface area contributed by atoms with Crippen LogP contribution in [0.25, 0.3) is 0 Å². The molecule has 3 N–H and O–H groups in total. The zero-order valence-corrected chi connectivity index (χ0v) is 11.9. The molecule has 1 aromatic rings. The summed E-state index contributed by atoms with van der Waals surface area (Å²) >= 11 is 5.87. The number of anilines is 1. The molecule has 0 saturated heterocycles. The van der Waals surface area contributed by atoms with Crippen LogP contribution in [-0.4, -0.2) is 11.4 Å². The number of carbonyl (C=O) groups is 1. The Balaban J connectivity index is 0.00000162. The molecule has 1 aliphatic rings. The molecule has 1 saturated carbocycles. The van der Waals surface area contributed by atoms with Gasteiger partial charge >= 0.3 is 0 Å². The van der Waals surface area contributed by atoms with Crippen LogP contribution in [0, 0.1) is 6.92 Å². The topological polar surface area (TPSA) is 55.1 Å². The molecule has 0 bridgehead atoms. The van der Waals surface area contributed by atoms with Crippen LogP contribution in [-0.2, 0) is 4.79 Å². The number of hydrogen-bond acceptors (Lipinski definition) is 2. The second-order valence-electron chi connectivity index (χ2n) is 4.78. The first kappa shape index (κ1) is 15.3. The molecule has 0 atom stereocenters. The van der Waals surface area contributed by atoms with Crippen molar-refractivity contribution in [2.45, 2.75) is 38.1 Å². The molecule has 1 aliphatic carbocycles. The molecule has 0 spiro atoms. The fraction of sp³-hybridized carbons (Fsp3) is 0.462. The molecule has 0 unspecified atom stereocenters. The van der Waals surface area contributed by atoms with Crippen molar-refractivity contribution in [3.63, 3.8) is 0 Å². The molecule has 0 aromatic heterocycles. The number of amides is 1. The van der Waals surface area contributed by atoms with Crippen LogP contribution in [0.1, 0.15) is 31.2 Å². The first-order chi connectivity index (χ1) is 8.01. The van der Waals surface area contributed by atoms with Gasteiger partial charge in [-0.1, -0.05) is 24.4 Å². The zero-order valence-electron chi connectivity index (χ0n) is 10.3. The Bertz CT molecular complexity index is 443. The number of hydrogen-bond donors (Lipinski definition) is 2. The van der Waals surface area contributed by atoms with Gasteiger partial charge in [-0.2, -0.15) is 0 Å². The van der Waals surface area contributed by atoms with E-state index in [1.165, 1.54) is 0 Å². The van der Waals surface area contributed by atoms with Crippen molar-refractivity contribution in [1.82, 2.24) is 0 Å². The van der Waals surface area contributed by atoms with E-state index in [2.05, 4.69) is 5.32 Å². The van der Waals surface area contributed by atoms with Crippen molar-refractivity contribution in [3.05, 3.63) is 28.8 Å². The highest BCUT2D eigenvalue weighted by Gasteiger charge is 2.37. The number of carbonyl (C=O) groups excluding carboxylic acids is 1. The summed E-state index contributed by atoms with van der Waals surface area (Å²) in [5.74, 6) is -0.0829. The maximum Gasteiger partial charge on any atom is 0.244 e. The fourth-order valence-electron chi connectivity index (χ4n) is 2.25. The van der Waals surface area contributed by atoms with Crippen LogP contribution in [0.5, 0.6) is 0 Å². The Kier molecular flexibility index (Phi) is 5.02. The number of nitrogens with one attached hydrogen (secondary N) is 1. The standard InChI is InChI=1S/C13H17ClN2O.ClH/c1-9-8-10(14)4-5-11(9)16-12(17)13(15)6-2-3-7-13;/h4-5,8H,2-3,6-7,15H2,1H3,(H,16,17);1H. The summed E-state index contributed by atoms with van der Waals surface area (Å²) in [7, 11) is 0. The number of benzene rings is 1. The van der Waals surface area contributed by atoms with Crippen molar-refractivity contribution < 1.29 is 4.79 Å². The smallest absolute Gasteiger partial charge is 0.244 e. The second kappa shape index (κ2) is 5.91. The molecular weight excluding hydrogens is 271 g/mol. The summed E-state index contributed by atoms with van der Waals surface area (Å²) in [4.78, 5) is 12.1. The molecule has 0 radical (unpaired) electrons. The van der Waals surface area contributed by atoms with Crippen molar-refractivity contribution in [2.75, 3.05) is 5.32 Å². The van der Waals surface area contributed by atoms with E-state index >= 15 is 0 Å². The van der Waals surface area contributed by atoms with Gasteiger partial charge in [-0.25, -0.2) is 0 Å². The van der Waals surface area contributed by atoms with Crippen molar-refractivity contribution >= 4 is 35.6 Å². The summed E-state index contributed by atoms with van der Waals surface area (Å²) in [5.41, 5.74) is 7.14. The van der Waals surface area contributed by atoms with Gasteiger partial charge in [-0.3, -0.25) is 4.79 Å². The Morgan fingerprint density at radius 2 is 2.00 bits per heavy atom. The minimum absolute atomic E-state index is 0. The second-order valence-corrected chi connectivity index (χ2v) is 5.21. The molecule has 1 amide bonds. The maximum atomic E-state index is 12.1. The lowest BCUT2D eigenvalue weighted by Crippen LogP contribution is -2.48. The maximum absolute atomic E-state index is 12.1. The van der Waals surface area contributed by atoms with Crippen molar-refractivity contribution in [1.29, 1.82) is 0 Å². The molecular formula is C13H18Cl2N2O. The minimum Gasteiger partial charge on any atom is -0.324 e. The average Bonchev–Trinajstić information content (AvgIpc) is 2.71. The highest BCUT2D eigenvalue weighted by Crippen LogP contribution is 2.29. The molecule has 100 valence electrons. The van der Waals surface area contributed by atoms with Gasteiger partial charge in [0.15, 0.2) is 0 Å². The third-order valence-corrected chi connectivity index (χ3v) is 3.62. The Morgan fingerprint density at radius 3 is 2.56 bits per heavy atom. The summed E-state index contributed by atoms with van der Waals surface area (Å²) in [6.07, 6.45) is 3.60. The predicted octanol–water partition coefficient (Wildman–Crippen LogP) is 3.28. The summed E-state index contributed by atoms with van der Waals surface area (Å²) in [5, 5.41) is 3.57. The zero-order chi connectivity index (χ0) is 12.5. The van der Waals surface area contributed by atoms with E-state index in [0.717, 1.165) is 36.9 Å². The predicted molar refractivity (Wildman–Crippen MR) is 77.5 cm³/mol. The molecule has 5 heteroatoms. The highest BCUT2D eigenvalue weighted by atomic mass is 35.5. The number of rotatable bonds is 2. The first-order valence-corrected chi connectivity index (χ1v) is 6.25. The minimum atomic E-state index is -0.688. The van der Waals surface area contributed by atoms with E-state index in [1.807, 2.05) is 19.1 Å². The highest BCUT2D eigenvalue weighted by molar-refractivity contribution is 6.30. The Labute approximate surface area is 118 Å². The lowest BCUT2D eigenvalue weighted by atomic mass is 9.98. The third-order valence-electron chi connectivity index (χ3n) is 3.38. The van der Waals surface area contributed by atoms with E-state index in [0.29, 0.717) is 5.02 Å². The fourth-order valence-corrected chi connectivity index (χ4v) is 2.47. The number of nitrogens with two attached hydrogens (primary N) is 1. The summed E-state index contributed by atoms with van der Waals surface area (Å²) < 4.78 is 0. The van der Waals surface area contributed by atoms with E-state index < -0.39 is 5.54 Å². The van der Waals surface area contributed by atoms with Gasteiger partial charge in [-0.15, -0.1) is 12.4 Å². The van der Waals surface area contributed by atoms with Gasteiger partial charge in [0.05, 0.1) is 5.54 Å². The van der Waals surface area contributed by atoms with Crippen LogP contribution in [0.15, 0.2) is 18.2 Å². The molecule has 1 fully saturated rings. The first-order valence-electron chi connectivity index (χ1n) is 5.88. The van der Waals surface area contributed by atoms with Gasteiger partial charge in [0, 0.05) is 10.7 Å². The van der Waals surface area contributed by atoms with E-state index in [-0.39, 0.29) is 18.3 Å². The van der Waals surface area contributed by atoms with E-state index in [9.17, 15) is 4.79 Å². The SMILES string of the molecule is Cc1cc(Cl)ccc1NC(=O)C1(N)CCCC1.Cl. The van der Waals surface area contributed by atoms with Crippen LogP contribution < -0.4 is 11.1 Å². The van der Waals surface area contributed by atoms with Crippen LogP contribution >= 0.6 is 24.0 Å². The monoisotopic (exact) mass is 288 g/mol. The van der Waals surface area contributed by atoms with Crippen LogP contribution in [0.4, 0.5) is 5.69 Å². The van der Waals surface area contributed by atoms with E-state index in [4.69, 9.17) is 17.3 Å². The Hall–Kier alpha value is -0.770. The van der Waals surface area contributed by atoms with Gasteiger partial charge in [0.2, 0.25) is 5.91 Å². The van der Waals surface area contributed by atoms with Gasteiger partial charge in [-0.05, 0) is 43.5 Å². The average molecular weight is 289 g/mol. The quantitative estimate of drug-likeness (QED) is 0.877. The lowest BCUT2D eigenvalue weighted by Gasteiger charge is -2.22. The summed E-state index contributed by atoms with van der Waals surface area (Å²) in [6, 6.07) is 5.41. The van der Waals surface area contributed by atoms with Crippen molar-refractivity contribution in [3.8, 4) is 0 Å². The number of aryl methyl sites for hydroxylation is 1. The van der Waals surface area contributed by atoms with Gasteiger partial charge in [0.1, 0.15) is 0 Å². The van der Waals surface area contributed by atoms with Crippen LogP contribution in [0.3, 0.4) is 0 Å². The van der Waals surface area contributed by atoms with Crippen LogP contribution in [0.2, 0.25) is 5.02 Å². The van der Waals surface area contributed by atoms with Gasteiger partial charge < -0.3 is 11.1 Å². The Morgan fingerprint density at radius 1 is 1.39 bits per heavy atom. The molecule has 3 nitrogen and oxygen atoms in total. The largest absolute Gasteiger partial charge is 0.324 e. The molecule has 2 rings (SSSR count). The lowest BCUT2D eigenvalue weighted by molar-refractivity contribution is -0.121. The molecule has 18 heavy (non-hydrogen) atoms. The van der Waals surface area contributed by atoms with E-state index in [1.54, 1.807) is 6.07 Å². The molecule has 1 aromatic carbocycles. The normalized spacial score (nSPS) is 17.1. The molecule has 0 heterocycles. The number of halogens is 2. The third kappa shape index (κ3) is 3.16. The molecule has 0 aliphatic heterocycles.